The third-order valence-electron chi connectivity index (χ3n) is 3.07. The van der Waals surface area contributed by atoms with Crippen LogP contribution in [-0.2, 0) is 0 Å². The van der Waals surface area contributed by atoms with Crippen molar-refractivity contribution in [2.75, 3.05) is 0 Å². The minimum Gasteiger partial charge on any atom is -0.308 e. The maximum absolute atomic E-state index is 11.8. The number of rotatable bonds is 2. The summed E-state index contributed by atoms with van der Waals surface area (Å²) in [4.78, 5) is 13.5. The first-order chi connectivity index (χ1) is 8.02. The molecule has 0 aliphatic carbocycles. The number of nitrogens with one attached hydrogen (secondary N) is 2. The third-order valence-corrected chi connectivity index (χ3v) is 3.07. The van der Waals surface area contributed by atoms with Crippen molar-refractivity contribution in [3.8, 4) is 0 Å². The first-order valence-electron chi connectivity index (χ1n) is 5.75. The number of nitrogens with zero attached hydrogens (tertiary/aromatic N) is 1. The zero-order chi connectivity index (χ0) is 12.6. The number of benzene rings is 1. The van der Waals surface area contributed by atoms with E-state index in [0.717, 1.165) is 11.1 Å². The molecular formula is C13H17N3O. The second kappa shape index (κ2) is 4.20. The van der Waals surface area contributed by atoms with Crippen molar-refractivity contribution in [3.63, 3.8) is 0 Å². The van der Waals surface area contributed by atoms with Gasteiger partial charge in [-0.2, -0.15) is 0 Å². The summed E-state index contributed by atoms with van der Waals surface area (Å²) >= 11 is 0. The SMILES string of the molecule is Cc1ccccc1C1C(=N)NC(=O)N1C(C)C. The largest absolute Gasteiger partial charge is 0.323 e. The lowest BCUT2D eigenvalue weighted by Crippen LogP contribution is -2.36. The molecule has 1 aromatic carbocycles. The highest BCUT2D eigenvalue weighted by molar-refractivity contribution is 6.06. The van der Waals surface area contributed by atoms with Crippen molar-refractivity contribution >= 4 is 11.9 Å². The molecule has 0 saturated carbocycles. The first kappa shape index (κ1) is 11.6. The molecule has 1 atom stereocenters. The Balaban J connectivity index is 2.46. The molecule has 4 nitrogen and oxygen atoms in total. The zero-order valence-electron chi connectivity index (χ0n) is 10.3. The van der Waals surface area contributed by atoms with E-state index in [1.165, 1.54) is 0 Å². The number of carbonyl (C=O) groups excluding carboxylic acids is 1. The fourth-order valence-corrected chi connectivity index (χ4v) is 2.24. The molecule has 1 fully saturated rings. The van der Waals surface area contributed by atoms with E-state index in [-0.39, 0.29) is 24.0 Å². The van der Waals surface area contributed by atoms with E-state index in [9.17, 15) is 4.79 Å². The Labute approximate surface area is 101 Å². The van der Waals surface area contributed by atoms with Crippen LogP contribution in [0, 0.1) is 12.3 Å². The molecule has 0 aromatic heterocycles. The molecule has 0 radical (unpaired) electrons. The van der Waals surface area contributed by atoms with E-state index in [1.54, 1.807) is 4.90 Å². The minimum absolute atomic E-state index is 0.0717. The standard InChI is InChI=1S/C13H17N3O/c1-8(2)16-11(12(14)15-13(16)17)10-7-5-4-6-9(10)3/h4-8,11H,1-3H3,(H2,14,15,17). The van der Waals surface area contributed by atoms with Gasteiger partial charge in [0.25, 0.3) is 0 Å². The highest BCUT2D eigenvalue weighted by Gasteiger charge is 2.38. The van der Waals surface area contributed by atoms with Crippen LogP contribution in [-0.4, -0.2) is 22.8 Å². The molecule has 2 N–H and O–H groups in total. The van der Waals surface area contributed by atoms with Gasteiger partial charge < -0.3 is 4.90 Å². The lowest BCUT2D eigenvalue weighted by atomic mass is 9.99. The zero-order valence-corrected chi connectivity index (χ0v) is 10.3. The molecule has 4 heteroatoms. The highest BCUT2D eigenvalue weighted by Crippen LogP contribution is 2.29. The summed E-state index contributed by atoms with van der Waals surface area (Å²) in [5, 5.41) is 10.5. The van der Waals surface area contributed by atoms with Gasteiger partial charge in [-0.15, -0.1) is 0 Å². The first-order valence-corrected chi connectivity index (χ1v) is 5.75. The molecule has 2 amide bonds. The van der Waals surface area contributed by atoms with Crippen LogP contribution in [0.1, 0.15) is 31.0 Å². The van der Waals surface area contributed by atoms with Crippen molar-refractivity contribution in [3.05, 3.63) is 35.4 Å². The van der Waals surface area contributed by atoms with Crippen LogP contribution < -0.4 is 5.32 Å². The van der Waals surface area contributed by atoms with Gasteiger partial charge in [-0.1, -0.05) is 24.3 Å². The Kier molecular flexibility index (Phi) is 2.88. The minimum atomic E-state index is -0.274. The molecule has 1 aliphatic heterocycles. The summed E-state index contributed by atoms with van der Waals surface area (Å²) < 4.78 is 0. The van der Waals surface area contributed by atoms with Crippen LogP contribution in [0.5, 0.6) is 0 Å². The van der Waals surface area contributed by atoms with Gasteiger partial charge in [0.05, 0.1) is 0 Å². The number of carbonyl (C=O) groups is 1. The van der Waals surface area contributed by atoms with Crippen molar-refractivity contribution in [1.29, 1.82) is 5.41 Å². The predicted octanol–water partition coefficient (Wildman–Crippen LogP) is 2.45. The monoisotopic (exact) mass is 231 g/mol. The fourth-order valence-electron chi connectivity index (χ4n) is 2.24. The summed E-state index contributed by atoms with van der Waals surface area (Å²) in [7, 11) is 0. The number of amides is 2. The number of urea groups is 1. The van der Waals surface area contributed by atoms with Crippen LogP contribution >= 0.6 is 0 Å². The summed E-state index contributed by atoms with van der Waals surface area (Å²) in [5.74, 6) is 0.262. The average molecular weight is 231 g/mol. The third kappa shape index (κ3) is 1.90. The molecule has 17 heavy (non-hydrogen) atoms. The molecule has 2 rings (SSSR count). The maximum Gasteiger partial charge on any atom is 0.323 e. The van der Waals surface area contributed by atoms with Gasteiger partial charge in [-0.05, 0) is 31.9 Å². The van der Waals surface area contributed by atoms with Gasteiger partial charge in [-0.3, -0.25) is 10.7 Å². The molecule has 0 spiro atoms. The molecule has 90 valence electrons. The van der Waals surface area contributed by atoms with E-state index in [4.69, 9.17) is 5.41 Å². The Bertz CT molecular complexity index is 467. The van der Waals surface area contributed by atoms with Gasteiger partial charge in [0.2, 0.25) is 0 Å². The van der Waals surface area contributed by atoms with Crippen LogP contribution in [0.15, 0.2) is 24.3 Å². The van der Waals surface area contributed by atoms with Crippen LogP contribution in [0.3, 0.4) is 0 Å². The Morgan fingerprint density at radius 2 is 2.00 bits per heavy atom. The molecular weight excluding hydrogens is 214 g/mol. The number of hydrogen-bond donors (Lipinski definition) is 2. The predicted molar refractivity (Wildman–Crippen MR) is 67.2 cm³/mol. The molecule has 1 aromatic rings. The quantitative estimate of drug-likeness (QED) is 0.807. The normalized spacial score (nSPS) is 20.0. The Morgan fingerprint density at radius 1 is 1.35 bits per heavy atom. The van der Waals surface area contributed by atoms with Crippen LogP contribution in [0.4, 0.5) is 4.79 Å². The summed E-state index contributed by atoms with van der Waals surface area (Å²) in [6.07, 6.45) is 0. The van der Waals surface area contributed by atoms with Gasteiger partial charge in [0.1, 0.15) is 11.9 Å². The topological polar surface area (TPSA) is 56.2 Å². The van der Waals surface area contributed by atoms with E-state index >= 15 is 0 Å². The summed E-state index contributed by atoms with van der Waals surface area (Å²) in [6.45, 7) is 5.93. The average Bonchev–Trinajstić information content (AvgIpc) is 2.54. The second-order valence-electron chi connectivity index (χ2n) is 4.60. The van der Waals surface area contributed by atoms with Gasteiger partial charge in [0.15, 0.2) is 0 Å². The van der Waals surface area contributed by atoms with E-state index < -0.39 is 0 Å². The number of hydrogen-bond acceptors (Lipinski definition) is 2. The molecule has 1 heterocycles. The molecule has 0 bridgehead atoms. The van der Waals surface area contributed by atoms with Crippen molar-refractivity contribution in [1.82, 2.24) is 10.2 Å². The lowest BCUT2D eigenvalue weighted by molar-refractivity contribution is 0.190. The summed E-state index contributed by atoms with van der Waals surface area (Å²) in [6, 6.07) is 7.50. The second-order valence-corrected chi connectivity index (χ2v) is 4.60. The Morgan fingerprint density at radius 3 is 2.59 bits per heavy atom. The van der Waals surface area contributed by atoms with Gasteiger partial charge in [0, 0.05) is 6.04 Å². The van der Waals surface area contributed by atoms with E-state index in [0.29, 0.717) is 0 Å². The lowest BCUT2D eigenvalue weighted by Gasteiger charge is -2.27. The fraction of sp³-hybridized carbons (Fsp3) is 0.385. The highest BCUT2D eigenvalue weighted by atomic mass is 16.2. The molecule has 1 saturated heterocycles. The number of amidine groups is 1. The van der Waals surface area contributed by atoms with Crippen LogP contribution in [0.2, 0.25) is 0 Å². The van der Waals surface area contributed by atoms with E-state index in [2.05, 4.69) is 5.32 Å². The number of aryl methyl sites for hydroxylation is 1. The van der Waals surface area contributed by atoms with Gasteiger partial charge in [-0.25, -0.2) is 4.79 Å². The molecule has 1 aliphatic rings. The maximum atomic E-state index is 11.8. The Hall–Kier alpha value is -1.84. The summed E-state index contributed by atoms with van der Waals surface area (Å²) in [5.41, 5.74) is 2.12. The smallest absolute Gasteiger partial charge is 0.308 e. The van der Waals surface area contributed by atoms with Crippen molar-refractivity contribution in [2.45, 2.75) is 32.9 Å². The van der Waals surface area contributed by atoms with Crippen molar-refractivity contribution < 1.29 is 4.79 Å². The molecule has 1 unspecified atom stereocenters. The van der Waals surface area contributed by atoms with Gasteiger partial charge >= 0.3 is 6.03 Å². The van der Waals surface area contributed by atoms with E-state index in [1.807, 2.05) is 45.0 Å². The van der Waals surface area contributed by atoms with Crippen LogP contribution in [0.25, 0.3) is 0 Å². The van der Waals surface area contributed by atoms with Crippen molar-refractivity contribution in [2.24, 2.45) is 0 Å².